The van der Waals surface area contributed by atoms with E-state index < -0.39 is 26.7 Å². The van der Waals surface area contributed by atoms with E-state index in [9.17, 15) is 13.2 Å². The van der Waals surface area contributed by atoms with Crippen molar-refractivity contribution < 1.29 is 27.1 Å². The fourth-order valence-electron chi connectivity index (χ4n) is 3.13. The van der Waals surface area contributed by atoms with E-state index in [1.807, 2.05) is 0 Å². The van der Waals surface area contributed by atoms with Crippen LogP contribution in [0.25, 0.3) is 11.5 Å². The van der Waals surface area contributed by atoms with Crippen LogP contribution < -0.4 is 9.47 Å². The van der Waals surface area contributed by atoms with Crippen molar-refractivity contribution >= 4 is 15.7 Å². The average Bonchev–Trinajstić information content (AvgIpc) is 3.03. The van der Waals surface area contributed by atoms with Crippen LogP contribution in [0.4, 0.5) is 0 Å². The molecule has 0 bridgehead atoms. The highest BCUT2D eigenvalue weighted by atomic mass is 32.2. The van der Waals surface area contributed by atoms with Crippen LogP contribution in [0.5, 0.6) is 11.5 Å². The molecule has 28 heavy (non-hydrogen) atoms. The number of sulfone groups is 1. The lowest BCUT2D eigenvalue weighted by atomic mass is 10.2. The number of likely N-dealkylation sites (tertiary alicyclic amines) is 1. The first-order chi connectivity index (χ1) is 13.5. The lowest BCUT2D eigenvalue weighted by Crippen LogP contribution is -2.36. The van der Waals surface area contributed by atoms with E-state index >= 15 is 0 Å². The van der Waals surface area contributed by atoms with Crippen LogP contribution >= 0.6 is 0 Å². The predicted molar refractivity (Wildman–Crippen MR) is 99.9 cm³/mol. The van der Waals surface area contributed by atoms with Crippen molar-refractivity contribution in [2.45, 2.75) is 30.9 Å². The van der Waals surface area contributed by atoms with Crippen molar-refractivity contribution in [3.63, 3.8) is 0 Å². The average molecular weight is 409 g/mol. The first-order valence-corrected chi connectivity index (χ1v) is 10.7. The van der Waals surface area contributed by atoms with E-state index in [0.717, 1.165) is 25.7 Å². The minimum atomic E-state index is -4.06. The zero-order valence-electron chi connectivity index (χ0n) is 15.9. The summed E-state index contributed by atoms with van der Waals surface area (Å²) in [5, 5.41) is 6.87. The number of methoxy groups -OCH3 is 2. The third-order valence-electron chi connectivity index (χ3n) is 4.59. The molecule has 1 saturated heterocycles. The molecule has 1 amide bonds. The van der Waals surface area contributed by atoms with Gasteiger partial charge in [0, 0.05) is 13.1 Å². The molecule has 2 aromatic rings. The first-order valence-electron chi connectivity index (χ1n) is 9.01. The second kappa shape index (κ2) is 8.59. The van der Waals surface area contributed by atoms with Gasteiger partial charge in [0.2, 0.25) is 15.7 Å². The normalized spacial score (nSPS) is 15.1. The Morgan fingerprint density at radius 3 is 2.25 bits per heavy atom. The smallest absolute Gasteiger partial charge is 0.336 e. The number of amides is 1. The van der Waals surface area contributed by atoms with E-state index in [4.69, 9.17) is 13.9 Å². The van der Waals surface area contributed by atoms with Gasteiger partial charge in [-0.2, -0.15) is 0 Å². The summed E-state index contributed by atoms with van der Waals surface area (Å²) < 4.78 is 41.2. The van der Waals surface area contributed by atoms with Crippen molar-refractivity contribution in [2.24, 2.45) is 0 Å². The van der Waals surface area contributed by atoms with Crippen LogP contribution in [0.1, 0.15) is 25.7 Å². The molecule has 10 heteroatoms. The molecule has 0 radical (unpaired) electrons. The fraction of sp³-hybridized carbons (Fsp3) is 0.500. The zero-order chi connectivity index (χ0) is 20.1. The van der Waals surface area contributed by atoms with E-state index in [1.165, 1.54) is 14.2 Å². The van der Waals surface area contributed by atoms with Gasteiger partial charge in [-0.3, -0.25) is 4.79 Å². The number of ether oxygens (including phenoxy) is 2. The zero-order valence-corrected chi connectivity index (χ0v) is 16.7. The highest BCUT2D eigenvalue weighted by Gasteiger charge is 2.30. The molecule has 1 aliphatic heterocycles. The maximum Gasteiger partial charge on any atom is 0.336 e. The number of nitrogens with zero attached hydrogens (tertiary/aromatic N) is 3. The van der Waals surface area contributed by atoms with Crippen LogP contribution in [0.2, 0.25) is 0 Å². The van der Waals surface area contributed by atoms with Gasteiger partial charge in [0.25, 0.3) is 5.89 Å². The lowest BCUT2D eigenvalue weighted by molar-refractivity contribution is -0.128. The topological polar surface area (TPSA) is 112 Å². The molecule has 152 valence electrons. The Balaban J connectivity index is 1.84. The second-order valence-electron chi connectivity index (χ2n) is 6.46. The molecule has 1 aromatic heterocycles. The standard InChI is InChI=1S/C18H23N3O6S/c1-25-13-8-7-9-14(26-2)16(13)17-19-20-18(27-17)28(23,24)12-15(22)21-10-5-3-4-6-11-21/h7-9H,3-6,10-12H2,1-2H3. The van der Waals surface area contributed by atoms with E-state index in [1.54, 1.807) is 23.1 Å². The lowest BCUT2D eigenvalue weighted by Gasteiger charge is -2.19. The van der Waals surface area contributed by atoms with Crippen molar-refractivity contribution in [2.75, 3.05) is 33.1 Å². The molecule has 2 heterocycles. The molecule has 0 saturated carbocycles. The summed E-state index contributed by atoms with van der Waals surface area (Å²) in [7, 11) is -1.13. The Bertz CT molecular complexity index is 910. The van der Waals surface area contributed by atoms with Crippen LogP contribution in [-0.4, -0.2) is 62.5 Å². The number of benzene rings is 1. The predicted octanol–water partition coefficient (Wildman–Crippen LogP) is 1.93. The highest BCUT2D eigenvalue weighted by molar-refractivity contribution is 7.91. The van der Waals surface area contributed by atoms with Gasteiger partial charge in [-0.15, -0.1) is 5.10 Å². The molecule has 0 aliphatic carbocycles. The molecule has 0 unspecified atom stereocenters. The summed E-state index contributed by atoms with van der Waals surface area (Å²) in [6, 6.07) is 5.05. The second-order valence-corrected chi connectivity index (χ2v) is 8.33. The van der Waals surface area contributed by atoms with E-state index in [2.05, 4.69) is 10.2 Å². The van der Waals surface area contributed by atoms with Gasteiger partial charge in [-0.25, -0.2) is 8.42 Å². The highest BCUT2D eigenvalue weighted by Crippen LogP contribution is 2.37. The largest absolute Gasteiger partial charge is 0.496 e. The molecule has 0 N–H and O–H groups in total. The third kappa shape index (κ3) is 4.27. The summed E-state index contributed by atoms with van der Waals surface area (Å²) in [5.41, 5.74) is 0.347. The van der Waals surface area contributed by atoms with Gasteiger partial charge in [0.1, 0.15) is 22.8 Å². The number of aromatic nitrogens is 2. The number of rotatable bonds is 6. The van der Waals surface area contributed by atoms with Gasteiger partial charge in [0.15, 0.2) is 0 Å². The third-order valence-corrected chi connectivity index (χ3v) is 5.91. The van der Waals surface area contributed by atoms with Crippen molar-refractivity contribution in [1.29, 1.82) is 0 Å². The Morgan fingerprint density at radius 2 is 1.68 bits per heavy atom. The number of hydrogen-bond acceptors (Lipinski definition) is 8. The molecule has 1 fully saturated rings. The van der Waals surface area contributed by atoms with Crippen molar-refractivity contribution in [3.05, 3.63) is 18.2 Å². The van der Waals surface area contributed by atoms with Crippen LogP contribution in [-0.2, 0) is 14.6 Å². The Hall–Kier alpha value is -2.62. The van der Waals surface area contributed by atoms with Gasteiger partial charge in [0.05, 0.1) is 14.2 Å². The molecule has 9 nitrogen and oxygen atoms in total. The number of carbonyl (C=O) groups is 1. The number of hydrogen-bond donors (Lipinski definition) is 0. The SMILES string of the molecule is COc1cccc(OC)c1-c1nnc(S(=O)(=O)CC(=O)N2CCCCCC2)o1. The molecule has 3 rings (SSSR count). The van der Waals surface area contributed by atoms with Gasteiger partial charge >= 0.3 is 5.22 Å². The van der Waals surface area contributed by atoms with Crippen molar-refractivity contribution in [3.8, 4) is 23.0 Å². The summed E-state index contributed by atoms with van der Waals surface area (Å²) in [6.45, 7) is 1.14. The maximum atomic E-state index is 12.6. The van der Waals surface area contributed by atoms with Crippen LogP contribution in [0.3, 0.4) is 0 Å². The minimum absolute atomic E-state index is 0.0601. The quantitative estimate of drug-likeness (QED) is 0.711. The van der Waals surface area contributed by atoms with Gasteiger partial charge in [-0.1, -0.05) is 24.0 Å². The maximum absolute atomic E-state index is 12.6. The summed E-state index contributed by atoms with van der Waals surface area (Å²) in [5.74, 6) is -0.413. The first kappa shape index (κ1) is 20.1. The van der Waals surface area contributed by atoms with Gasteiger partial charge < -0.3 is 18.8 Å². The monoisotopic (exact) mass is 409 g/mol. The van der Waals surface area contributed by atoms with Crippen molar-refractivity contribution in [1.82, 2.24) is 15.1 Å². The van der Waals surface area contributed by atoms with E-state index in [0.29, 0.717) is 30.2 Å². The molecule has 1 aliphatic rings. The Labute approximate surface area is 163 Å². The fourth-order valence-corrected chi connectivity index (χ4v) is 4.14. The molecule has 0 spiro atoms. The summed E-state index contributed by atoms with van der Waals surface area (Å²) >= 11 is 0. The Kier molecular flexibility index (Phi) is 6.18. The van der Waals surface area contributed by atoms with E-state index in [-0.39, 0.29) is 5.89 Å². The summed E-state index contributed by atoms with van der Waals surface area (Å²) in [6.07, 6.45) is 3.85. The number of carbonyl (C=O) groups excluding carboxylic acids is 1. The van der Waals surface area contributed by atoms with Crippen LogP contribution in [0.15, 0.2) is 27.8 Å². The molecule has 1 aromatic carbocycles. The molecular formula is C18H23N3O6S. The minimum Gasteiger partial charge on any atom is -0.496 e. The van der Waals surface area contributed by atoms with Crippen LogP contribution in [0, 0.1) is 0 Å². The molecule has 0 atom stereocenters. The molecular weight excluding hydrogens is 386 g/mol. The Morgan fingerprint density at radius 1 is 1.07 bits per heavy atom. The van der Waals surface area contributed by atoms with Gasteiger partial charge in [-0.05, 0) is 25.0 Å². The summed E-state index contributed by atoms with van der Waals surface area (Å²) in [4.78, 5) is 14.0.